The molecule has 0 fully saturated rings. The Morgan fingerprint density at radius 2 is 1.77 bits per heavy atom. The molecule has 0 aliphatic carbocycles. The van der Waals surface area contributed by atoms with E-state index >= 15 is 0 Å². The molecule has 0 spiro atoms. The molecule has 30 heavy (non-hydrogen) atoms. The average molecular weight is 398 g/mol. The molecule has 6 nitrogen and oxygen atoms in total. The molecule has 4 rings (SSSR count). The van der Waals surface area contributed by atoms with Crippen molar-refractivity contribution in [1.29, 1.82) is 0 Å². The van der Waals surface area contributed by atoms with Gasteiger partial charge in [-0.1, -0.05) is 36.4 Å². The number of nitrogens with zero attached hydrogens (tertiary/aromatic N) is 2. The molecule has 0 unspecified atom stereocenters. The molecule has 3 aromatic carbocycles. The lowest BCUT2D eigenvalue weighted by Gasteiger charge is -2.12. The standard InChI is InChI=1S/C24H22N4O2/c1-16(29)18-6-5-7-19(14-18)26-24-27-22-9-4-3-8-21(22)23(28-24)25-15-17-10-12-20(30-2)13-11-17/h3-14H,15H2,1-2H3,(H2,25,26,27,28). The predicted octanol–water partition coefficient (Wildman–Crippen LogP) is 5.20. The SMILES string of the molecule is COc1ccc(CNc2nc(Nc3cccc(C(C)=O)c3)nc3ccccc23)cc1. The molecule has 1 aromatic heterocycles. The molecule has 1 heterocycles. The highest BCUT2D eigenvalue weighted by molar-refractivity contribution is 5.95. The monoisotopic (exact) mass is 398 g/mol. The number of hydrogen-bond acceptors (Lipinski definition) is 6. The molecule has 0 saturated heterocycles. The number of para-hydroxylation sites is 1. The van der Waals surface area contributed by atoms with Crippen molar-refractivity contribution >= 4 is 34.1 Å². The number of fused-ring (bicyclic) bond motifs is 1. The minimum absolute atomic E-state index is 0.0138. The van der Waals surface area contributed by atoms with Crippen molar-refractivity contribution in [3.8, 4) is 5.75 Å². The summed E-state index contributed by atoms with van der Waals surface area (Å²) in [5.41, 5.74) is 3.34. The maximum absolute atomic E-state index is 11.7. The largest absolute Gasteiger partial charge is 0.497 e. The topological polar surface area (TPSA) is 76.1 Å². The van der Waals surface area contributed by atoms with Gasteiger partial charge < -0.3 is 15.4 Å². The first-order valence-electron chi connectivity index (χ1n) is 9.64. The van der Waals surface area contributed by atoms with Crippen molar-refractivity contribution in [3.05, 3.63) is 83.9 Å². The molecule has 150 valence electrons. The average Bonchev–Trinajstić information content (AvgIpc) is 2.78. The Labute approximate surface area is 175 Å². The van der Waals surface area contributed by atoms with Crippen LogP contribution in [0, 0.1) is 0 Å². The maximum atomic E-state index is 11.7. The van der Waals surface area contributed by atoms with Gasteiger partial charge in [-0.05, 0) is 48.9 Å². The van der Waals surface area contributed by atoms with Crippen molar-refractivity contribution in [1.82, 2.24) is 9.97 Å². The van der Waals surface area contributed by atoms with Crippen LogP contribution in [0.5, 0.6) is 5.75 Å². The Balaban J connectivity index is 1.62. The third-order valence-electron chi connectivity index (χ3n) is 4.75. The minimum Gasteiger partial charge on any atom is -0.497 e. The van der Waals surface area contributed by atoms with Crippen LogP contribution in [0.25, 0.3) is 10.9 Å². The van der Waals surface area contributed by atoms with Gasteiger partial charge in [-0.25, -0.2) is 4.98 Å². The Hall–Kier alpha value is -3.93. The van der Waals surface area contributed by atoms with E-state index in [1.54, 1.807) is 26.2 Å². The first kappa shape index (κ1) is 19.4. The lowest BCUT2D eigenvalue weighted by Crippen LogP contribution is -2.06. The Morgan fingerprint density at radius 1 is 0.967 bits per heavy atom. The lowest BCUT2D eigenvalue weighted by molar-refractivity contribution is 0.101. The van der Waals surface area contributed by atoms with E-state index in [1.165, 1.54) is 0 Å². The van der Waals surface area contributed by atoms with E-state index < -0.39 is 0 Å². The summed E-state index contributed by atoms with van der Waals surface area (Å²) in [6.07, 6.45) is 0. The van der Waals surface area contributed by atoms with E-state index in [0.29, 0.717) is 18.1 Å². The second-order valence-electron chi connectivity index (χ2n) is 6.88. The van der Waals surface area contributed by atoms with E-state index in [1.807, 2.05) is 60.7 Å². The second kappa shape index (κ2) is 8.61. The van der Waals surface area contributed by atoms with Gasteiger partial charge in [-0.15, -0.1) is 0 Å². The van der Waals surface area contributed by atoms with Crippen molar-refractivity contribution in [2.24, 2.45) is 0 Å². The molecule has 0 saturated carbocycles. The maximum Gasteiger partial charge on any atom is 0.229 e. The molecule has 0 aliphatic heterocycles. The van der Waals surface area contributed by atoms with E-state index in [9.17, 15) is 4.79 Å². The van der Waals surface area contributed by atoms with Crippen LogP contribution in [0.3, 0.4) is 0 Å². The fraction of sp³-hybridized carbons (Fsp3) is 0.125. The number of rotatable bonds is 7. The highest BCUT2D eigenvalue weighted by atomic mass is 16.5. The molecule has 2 N–H and O–H groups in total. The van der Waals surface area contributed by atoms with Gasteiger partial charge in [0.1, 0.15) is 11.6 Å². The lowest BCUT2D eigenvalue weighted by atomic mass is 10.1. The molecule has 4 aromatic rings. The molecule has 0 atom stereocenters. The number of aromatic nitrogens is 2. The number of carbonyl (C=O) groups is 1. The van der Waals surface area contributed by atoms with Crippen LogP contribution in [-0.4, -0.2) is 22.9 Å². The van der Waals surface area contributed by atoms with Gasteiger partial charge >= 0.3 is 0 Å². The van der Waals surface area contributed by atoms with E-state index in [2.05, 4.69) is 20.6 Å². The van der Waals surface area contributed by atoms with Gasteiger partial charge in [0.2, 0.25) is 5.95 Å². The third kappa shape index (κ3) is 4.38. The summed E-state index contributed by atoms with van der Waals surface area (Å²) in [6, 6.07) is 23.1. The smallest absolute Gasteiger partial charge is 0.229 e. The van der Waals surface area contributed by atoms with Crippen LogP contribution in [0.2, 0.25) is 0 Å². The summed E-state index contributed by atoms with van der Waals surface area (Å²) >= 11 is 0. The van der Waals surface area contributed by atoms with Crippen LogP contribution >= 0.6 is 0 Å². The summed E-state index contributed by atoms with van der Waals surface area (Å²) in [5.74, 6) is 2.04. The number of carbonyl (C=O) groups excluding carboxylic acids is 1. The Kier molecular flexibility index (Phi) is 5.57. The Bertz CT molecular complexity index is 1190. The van der Waals surface area contributed by atoms with Crippen LogP contribution in [-0.2, 0) is 6.54 Å². The summed E-state index contributed by atoms with van der Waals surface area (Å²) in [6.45, 7) is 2.16. The van der Waals surface area contributed by atoms with E-state index in [0.717, 1.165) is 33.7 Å². The number of hydrogen-bond donors (Lipinski definition) is 2. The van der Waals surface area contributed by atoms with Gasteiger partial charge in [0.15, 0.2) is 5.78 Å². The molecule has 0 amide bonds. The van der Waals surface area contributed by atoms with Crippen LogP contribution < -0.4 is 15.4 Å². The molecular formula is C24H22N4O2. The summed E-state index contributed by atoms with van der Waals surface area (Å²) in [7, 11) is 1.65. The van der Waals surface area contributed by atoms with Crippen molar-refractivity contribution in [2.75, 3.05) is 17.7 Å². The van der Waals surface area contributed by atoms with Gasteiger partial charge in [-0.3, -0.25) is 4.79 Å². The number of nitrogens with one attached hydrogen (secondary N) is 2. The minimum atomic E-state index is 0.0138. The molecule has 0 radical (unpaired) electrons. The van der Waals surface area contributed by atoms with Crippen LogP contribution in [0.4, 0.5) is 17.5 Å². The van der Waals surface area contributed by atoms with Crippen molar-refractivity contribution < 1.29 is 9.53 Å². The van der Waals surface area contributed by atoms with Gasteiger partial charge in [0.05, 0.1) is 12.6 Å². The van der Waals surface area contributed by atoms with Gasteiger partial charge in [0, 0.05) is 23.2 Å². The zero-order chi connectivity index (χ0) is 20.9. The van der Waals surface area contributed by atoms with Gasteiger partial charge in [-0.2, -0.15) is 4.98 Å². The van der Waals surface area contributed by atoms with Gasteiger partial charge in [0.25, 0.3) is 0 Å². The molecular weight excluding hydrogens is 376 g/mol. The summed E-state index contributed by atoms with van der Waals surface area (Å²) < 4.78 is 5.21. The zero-order valence-corrected chi connectivity index (χ0v) is 16.8. The van der Waals surface area contributed by atoms with Crippen molar-refractivity contribution in [2.45, 2.75) is 13.5 Å². The number of benzene rings is 3. The quantitative estimate of drug-likeness (QED) is 0.417. The first-order valence-corrected chi connectivity index (χ1v) is 9.64. The third-order valence-corrected chi connectivity index (χ3v) is 4.75. The van der Waals surface area contributed by atoms with Crippen LogP contribution in [0.1, 0.15) is 22.8 Å². The van der Waals surface area contributed by atoms with E-state index in [-0.39, 0.29) is 5.78 Å². The number of Topliss-reactive ketones (excluding diaryl/α,β-unsaturated/α-hetero) is 1. The highest BCUT2D eigenvalue weighted by Gasteiger charge is 2.09. The predicted molar refractivity (Wildman–Crippen MR) is 120 cm³/mol. The molecule has 0 aliphatic rings. The normalized spacial score (nSPS) is 10.6. The number of anilines is 3. The summed E-state index contributed by atoms with van der Waals surface area (Å²) in [5, 5.41) is 7.56. The fourth-order valence-electron chi connectivity index (χ4n) is 3.14. The highest BCUT2D eigenvalue weighted by Crippen LogP contribution is 2.24. The van der Waals surface area contributed by atoms with Crippen molar-refractivity contribution in [3.63, 3.8) is 0 Å². The number of methoxy groups -OCH3 is 1. The fourth-order valence-corrected chi connectivity index (χ4v) is 3.14. The summed E-state index contributed by atoms with van der Waals surface area (Å²) in [4.78, 5) is 21.0. The zero-order valence-electron chi connectivity index (χ0n) is 16.8. The van der Waals surface area contributed by atoms with E-state index in [4.69, 9.17) is 4.74 Å². The molecule has 6 heteroatoms. The number of ketones is 1. The van der Waals surface area contributed by atoms with Crippen LogP contribution in [0.15, 0.2) is 72.8 Å². The molecule has 0 bridgehead atoms. The second-order valence-corrected chi connectivity index (χ2v) is 6.88. The number of ether oxygens (including phenoxy) is 1. The Morgan fingerprint density at radius 3 is 2.53 bits per heavy atom. The first-order chi connectivity index (χ1) is 14.6.